The number of nitrogens with zero attached hydrogens (tertiary/aromatic N) is 4. The molecule has 1 saturated carbocycles. The first-order valence-electron chi connectivity index (χ1n) is 10.5. The summed E-state index contributed by atoms with van der Waals surface area (Å²) >= 11 is 0. The second-order valence-electron chi connectivity index (χ2n) is 8.74. The lowest BCUT2D eigenvalue weighted by molar-refractivity contribution is 0.0680. The molecule has 0 aromatic carbocycles. The lowest BCUT2D eigenvalue weighted by atomic mass is 10.0. The molecule has 0 spiro atoms. The third-order valence-electron chi connectivity index (χ3n) is 6.74. The van der Waals surface area contributed by atoms with Crippen LogP contribution in [0, 0.1) is 0 Å². The molecule has 3 fully saturated rings. The second kappa shape index (κ2) is 8.48. The molecule has 4 heteroatoms. The molecule has 0 amide bonds. The Morgan fingerprint density at radius 2 is 1.04 bits per heavy atom. The van der Waals surface area contributed by atoms with E-state index in [1.165, 1.54) is 78.0 Å². The second-order valence-corrected chi connectivity index (χ2v) is 8.74. The Labute approximate surface area is 150 Å². The summed E-state index contributed by atoms with van der Waals surface area (Å²) in [5.41, 5.74) is 0. The van der Waals surface area contributed by atoms with Gasteiger partial charge in [-0.2, -0.15) is 0 Å². The third-order valence-corrected chi connectivity index (χ3v) is 6.74. The summed E-state index contributed by atoms with van der Waals surface area (Å²) in [5, 5.41) is 0. The van der Waals surface area contributed by atoms with Crippen molar-refractivity contribution in [3.05, 3.63) is 0 Å². The Bertz CT molecular complexity index is 338. The van der Waals surface area contributed by atoms with Crippen LogP contribution in [-0.4, -0.2) is 96.1 Å². The number of piperazine rings is 2. The zero-order valence-electron chi connectivity index (χ0n) is 16.6. The van der Waals surface area contributed by atoms with Crippen molar-refractivity contribution < 1.29 is 0 Å². The highest BCUT2D eigenvalue weighted by molar-refractivity contribution is 4.88. The zero-order chi connectivity index (χ0) is 17.1. The molecule has 3 rings (SSSR count). The van der Waals surface area contributed by atoms with E-state index in [4.69, 9.17) is 0 Å². The molecular weight excluding hydrogens is 296 g/mol. The molecule has 4 nitrogen and oxygen atoms in total. The SMILES string of the molecule is CC(C)N1CCN(C(C)CCC(C)N2CCN(C3CC3)CC2)CC1. The van der Waals surface area contributed by atoms with Gasteiger partial charge >= 0.3 is 0 Å². The van der Waals surface area contributed by atoms with Crippen LogP contribution < -0.4 is 0 Å². The smallest absolute Gasteiger partial charge is 0.0113 e. The molecule has 0 bridgehead atoms. The van der Waals surface area contributed by atoms with Gasteiger partial charge in [0.15, 0.2) is 0 Å². The minimum absolute atomic E-state index is 0.705. The predicted octanol–water partition coefficient (Wildman–Crippen LogP) is 2.35. The molecule has 0 aromatic rings. The Morgan fingerprint density at radius 3 is 1.46 bits per heavy atom. The van der Waals surface area contributed by atoms with E-state index < -0.39 is 0 Å². The maximum atomic E-state index is 2.74. The first-order chi connectivity index (χ1) is 11.5. The van der Waals surface area contributed by atoms with Crippen LogP contribution in [0.15, 0.2) is 0 Å². The van der Waals surface area contributed by atoms with E-state index in [-0.39, 0.29) is 0 Å². The zero-order valence-corrected chi connectivity index (χ0v) is 16.6. The van der Waals surface area contributed by atoms with Crippen LogP contribution in [-0.2, 0) is 0 Å². The highest BCUT2D eigenvalue weighted by Crippen LogP contribution is 2.28. The van der Waals surface area contributed by atoms with Gasteiger partial charge < -0.3 is 0 Å². The van der Waals surface area contributed by atoms with Crippen LogP contribution in [0.25, 0.3) is 0 Å². The van der Waals surface area contributed by atoms with E-state index in [1.54, 1.807) is 0 Å². The molecule has 0 radical (unpaired) electrons. The normalized spacial score (nSPS) is 28.4. The molecule has 2 unspecified atom stereocenters. The van der Waals surface area contributed by atoms with Gasteiger partial charge in [-0.15, -0.1) is 0 Å². The average molecular weight is 337 g/mol. The van der Waals surface area contributed by atoms with Gasteiger partial charge in [-0.1, -0.05) is 0 Å². The lowest BCUT2D eigenvalue weighted by Crippen LogP contribution is -2.52. The third kappa shape index (κ3) is 4.94. The molecule has 2 atom stereocenters. The number of hydrogen-bond acceptors (Lipinski definition) is 4. The fourth-order valence-electron chi connectivity index (χ4n) is 4.53. The topological polar surface area (TPSA) is 13.0 Å². The van der Waals surface area contributed by atoms with Crippen molar-refractivity contribution in [3.63, 3.8) is 0 Å². The quantitative estimate of drug-likeness (QED) is 0.707. The summed E-state index contributed by atoms with van der Waals surface area (Å²) in [5.74, 6) is 0. The van der Waals surface area contributed by atoms with Crippen molar-refractivity contribution in [1.82, 2.24) is 19.6 Å². The molecule has 0 N–H and O–H groups in total. The summed E-state index contributed by atoms with van der Waals surface area (Å²) in [6, 6.07) is 3.16. The molecule has 24 heavy (non-hydrogen) atoms. The van der Waals surface area contributed by atoms with Crippen LogP contribution in [0.5, 0.6) is 0 Å². The maximum absolute atomic E-state index is 2.74. The van der Waals surface area contributed by atoms with Crippen LogP contribution in [0.3, 0.4) is 0 Å². The minimum Gasteiger partial charge on any atom is -0.298 e. The minimum atomic E-state index is 0.705. The van der Waals surface area contributed by atoms with Gasteiger partial charge in [0.25, 0.3) is 0 Å². The predicted molar refractivity (Wildman–Crippen MR) is 103 cm³/mol. The van der Waals surface area contributed by atoms with E-state index in [9.17, 15) is 0 Å². The first-order valence-corrected chi connectivity index (χ1v) is 10.5. The summed E-state index contributed by atoms with van der Waals surface area (Å²) in [6.07, 6.45) is 5.62. The Balaban J connectivity index is 1.33. The molecule has 2 saturated heterocycles. The fourth-order valence-corrected chi connectivity index (χ4v) is 4.53. The van der Waals surface area contributed by atoms with Gasteiger partial charge in [0.05, 0.1) is 0 Å². The van der Waals surface area contributed by atoms with Gasteiger partial charge in [-0.3, -0.25) is 19.6 Å². The van der Waals surface area contributed by atoms with Crippen LogP contribution in [0.4, 0.5) is 0 Å². The summed E-state index contributed by atoms with van der Waals surface area (Å²) in [7, 11) is 0. The number of rotatable bonds is 7. The van der Waals surface area contributed by atoms with Gasteiger partial charge in [-0.25, -0.2) is 0 Å². The lowest BCUT2D eigenvalue weighted by Gasteiger charge is -2.41. The molecule has 1 aliphatic carbocycles. The van der Waals surface area contributed by atoms with E-state index in [1.807, 2.05) is 0 Å². The number of hydrogen-bond donors (Lipinski definition) is 0. The Morgan fingerprint density at radius 1 is 0.625 bits per heavy atom. The van der Waals surface area contributed by atoms with Crippen molar-refractivity contribution >= 4 is 0 Å². The molecule has 2 heterocycles. The summed E-state index contributed by atoms with van der Waals surface area (Å²) in [6.45, 7) is 19.8. The van der Waals surface area contributed by atoms with Crippen molar-refractivity contribution in [2.24, 2.45) is 0 Å². The van der Waals surface area contributed by atoms with Gasteiger partial charge in [0.2, 0.25) is 0 Å². The average Bonchev–Trinajstić information content (AvgIpc) is 3.44. The molecular formula is C20H40N4. The highest BCUT2D eigenvalue weighted by atomic mass is 15.3. The van der Waals surface area contributed by atoms with Gasteiger partial charge in [-0.05, 0) is 53.4 Å². The van der Waals surface area contributed by atoms with Gasteiger partial charge in [0.1, 0.15) is 0 Å². The van der Waals surface area contributed by atoms with E-state index >= 15 is 0 Å². The van der Waals surface area contributed by atoms with Crippen molar-refractivity contribution in [3.8, 4) is 0 Å². The molecule has 3 aliphatic rings. The molecule has 140 valence electrons. The van der Waals surface area contributed by atoms with Crippen molar-refractivity contribution in [2.75, 3.05) is 52.4 Å². The van der Waals surface area contributed by atoms with E-state index in [2.05, 4.69) is 47.3 Å². The Hall–Kier alpha value is -0.160. The van der Waals surface area contributed by atoms with Crippen LogP contribution >= 0.6 is 0 Å². The molecule has 2 aliphatic heterocycles. The van der Waals surface area contributed by atoms with E-state index in [0.29, 0.717) is 6.04 Å². The highest BCUT2D eigenvalue weighted by Gasteiger charge is 2.32. The monoisotopic (exact) mass is 336 g/mol. The van der Waals surface area contributed by atoms with Crippen molar-refractivity contribution in [1.29, 1.82) is 0 Å². The molecule has 0 aromatic heterocycles. The van der Waals surface area contributed by atoms with Gasteiger partial charge in [0, 0.05) is 76.5 Å². The standard InChI is InChI=1S/C20H40N4/c1-17(2)21-9-11-22(12-10-21)18(3)5-6-19(4)23-13-15-24(16-14-23)20-7-8-20/h17-20H,5-16H2,1-4H3. The van der Waals surface area contributed by atoms with Crippen molar-refractivity contribution in [2.45, 2.75) is 77.5 Å². The largest absolute Gasteiger partial charge is 0.298 e. The van der Waals surface area contributed by atoms with E-state index in [0.717, 1.165) is 18.1 Å². The fraction of sp³-hybridized carbons (Fsp3) is 1.00. The summed E-state index contributed by atoms with van der Waals surface area (Å²) in [4.78, 5) is 10.8. The van der Waals surface area contributed by atoms with Crippen LogP contribution in [0.2, 0.25) is 0 Å². The first kappa shape index (κ1) is 18.6. The summed E-state index contributed by atoms with van der Waals surface area (Å²) < 4.78 is 0. The van der Waals surface area contributed by atoms with Crippen LogP contribution in [0.1, 0.15) is 53.4 Å². The maximum Gasteiger partial charge on any atom is 0.0113 e. The Kier molecular flexibility index (Phi) is 6.58.